The van der Waals surface area contributed by atoms with Crippen molar-refractivity contribution in [2.24, 2.45) is 0 Å². The lowest BCUT2D eigenvalue weighted by Gasteiger charge is -2.27. The van der Waals surface area contributed by atoms with Crippen LogP contribution in [0, 0.1) is 11.3 Å². The standard InChI is InChI=1S/C17H24N2O/c1-2-19(16-9-4-5-10-16)12-7-13-20-17-11-6-3-8-15(17)14-18/h3,6,8,11,16H,2,4-5,7,9-10,12-13H2,1H3. The Balaban J connectivity index is 1.74. The van der Waals surface area contributed by atoms with Crippen LogP contribution in [0.5, 0.6) is 5.75 Å². The van der Waals surface area contributed by atoms with Gasteiger partial charge < -0.3 is 9.64 Å². The molecular formula is C17H24N2O. The molecule has 108 valence electrons. The third-order valence-corrected chi connectivity index (χ3v) is 4.10. The fourth-order valence-electron chi connectivity index (χ4n) is 3.00. The van der Waals surface area contributed by atoms with Crippen LogP contribution in [0.4, 0.5) is 0 Å². The first-order valence-corrected chi connectivity index (χ1v) is 7.71. The molecule has 0 N–H and O–H groups in total. The van der Waals surface area contributed by atoms with Gasteiger partial charge in [0.25, 0.3) is 0 Å². The predicted molar refractivity (Wildman–Crippen MR) is 80.8 cm³/mol. The van der Waals surface area contributed by atoms with Gasteiger partial charge in [0.15, 0.2) is 0 Å². The molecule has 1 fully saturated rings. The van der Waals surface area contributed by atoms with E-state index in [0.29, 0.717) is 17.9 Å². The summed E-state index contributed by atoms with van der Waals surface area (Å²) in [4.78, 5) is 2.58. The molecule has 0 spiro atoms. The Labute approximate surface area is 122 Å². The van der Waals surface area contributed by atoms with Crippen molar-refractivity contribution in [2.75, 3.05) is 19.7 Å². The Hall–Kier alpha value is -1.53. The maximum Gasteiger partial charge on any atom is 0.137 e. The first-order valence-electron chi connectivity index (χ1n) is 7.71. The summed E-state index contributed by atoms with van der Waals surface area (Å²) in [5, 5.41) is 9.01. The van der Waals surface area contributed by atoms with Crippen molar-refractivity contribution in [2.45, 2.75) is 45.1 Å². The number of para-hydroxylation sites is 1. The van der Waals surface area contributed by atoms with E-state index in [-0.39, 0.29) is 0 Å². The third kappa shape index (κ3) is 3.98. The number of rotatable bonds is 7. The molecule has 3 nitrogen and oxygen atoms in total. The van der Waals surface area contributed by atoms with E-state index in [1.54, 1.807) is 6.07 Å². The van der Waals surface area contributed by atoms with Crippen molar-refractivity contribution in [1.82, 2.24) is 4.90 Å². The van der Waals surface area contributed by atoms with Crippen LogP contribution < -0.4 is 4.74 Å². The second-order valence-corrected chi connectivity index (χ2v) is 5.38. The van der Waals surface area contributed by atoms with Crippen molar-refractivity contribution in [3.05, 3.63) is 29.8 Å². The molecule has 0 aromatic heterocycles. The van der Waals surface area contributed by atoms with Gasteiger partial charge in [0.1, 0.15) is 11.8 Å². The van der Waals surface area contributed by atoms with Crippen LogP contribution in [0.3, 0.4) is 0 Å². The first-order chi connectivity index (χ1) is 9.85. The van der Waals surface area contributed by atoms with Gasteiger partial charge in [-0.3, -0.25) is 0 Å². The van der Waals surface area contributed by atoms with Gasteiger partial charge in [-0.2, -0.15) is 5.26 Å². The van der Waals surface area contributed by atoms with Crippen LogP contribution in [0.15, 0.2) is 24.3 Å². The lowest BCUT2D eigenvalue weighted by Crippen LogP contribution is -2.34. The molecule has 0 bridgehead atoms. The first kappa shape index (κ1) is 14.9. The van der Waals surface area contributed by atoms with Crippen LogP contribution in [0.2, 0.25) is 0 Å². The van der Waals surface area contributed by atoms with Gasteiger partial charge in [-0.15, -0.1) is 0 Å². The molecule has 0 aliphatic heterocycles. The molecule has 2 rings (SSSR count). The average molecular weight is 272 g/mol. The molecule has 1 aliphatic carbocycles. The molecule has 0 unspecified atom stereocenters. The highest BCUT2D eigenvalue weighted by Gasteiger charge is 2.20. The number of ether oxygens (including phenoxy) is 1. The normalized spacial score (nSPS) is 15.4. The number of hydrogen-bond donors (Lipinski definition) is 0. The monoisotopic (exact) mass is 272 g/mol. The lowest BCUT2D eigenvalue weighted by atomic mass is 10.2. The van der Waals surface area contributed by atoms with Crippen molar-refractivity contribution in [3.63, 3.8) is 0 Å². The molecule has 0 atom stereocenters. The lowest BCUT2D eigenvalue weighted by molar-refractivity contribution is 0.188. The molecule has 1 saturated carbocycles. The Kier molecular flexibility index (Phi) is 5.88. The van der Waals surface area contributed by atoms with Crippen molar-refractivity contribution in [1.29, 1.82) is 5.26 Å². The highest BCUT2D eigenvalue weighted by molar-refractivity contribution is 5.42. The summed E-state index contributed by atoms with van der Waals surface area (Å²) in [7, 11) is 0. The van der Waals surface area contributed by atoms with E-state index in [9.17, 15) is 0 Å². The summed E-state index contributed by atoms with van der Waals surface area (Å²) in [5.74, 6) is 0.707. The van der Waals surface area contributed by atoms with Crippen LogP contribution >= 0.6 is 0 Å². The average Bonchev–Trinajstić information content (AvgIpc) is 3.02. The topological polar surface area (TPSA) is 36.3 Å². The maximum atomic E-state index is 9.01. The molecule has 3 heteroatoms. The molecule has 0 amide bonds. The van der Waals surface area contributed by atoms with Gasteiger partial charge in [-0.05, 0) is 37.9 Å². The minimum absolute atomic E-state index is 0.621. The van der Waals surface area contributed by atoms with E-state index in [0.717, 1.165) is 25.6 Å². The number of benzene rings is 1. The summed E-state index contributed by atoms with van der Waals surface area (Å²) in [6.45, 7) is 5.14. The van der Waals surface area contributed by atoms with Crippen molar-refractivity contribution in [3.8, 4) is 11.8 Å². The van der Waals surface area contributed by atoms with Crippen LogP contribution in [0.25, 0.3) is 0 Å². The molecule has 20 heavy (non-hydrogen) atoms. The SMILES string of the molecule is CCN(CCCOc1ccccc1C#N)C1CCCC1. The van der Waals surface area contributed by atoms with Gasteiger partial charge in [0.2, 0.25) is 0 Å². The number of nitrogens with zero attached hydrogens (tertiary/aromatic N) is 2. The van der Waals surface area contributed by atoms with Gasteiger partial charge in [0, 0.05) is 12.6 Å². The molecule has 0 heterocycles. The third-order valence-electron chi connectivity index (χ3n) is 4.10. The van der Waals surface area contributed by atoms with Gasteiger partial charge in [-0.25, -0.2) is 0 Å². The predicted octanol–water partition coefficient (Wildman–Crippen LogP) is 3.59. The van der Waals surface area contributed by atoms with E-state index in [4.69, 9.17) is 10.00 Å². The summed E-state index contributed by atoms with van der Waals surface area (Å²) < 4.78 is 5.74. The maximum absolute atomic E-state index is 9.01. The summed E-state index contributed by atoms with van der Waals surface area (Å²) in [6.07, 6.45) is 6.49. The second kappa shape index (κ2) is 7.91. The van der Waals surface area contributed by atoms with Gasteiger partial charge in [0.05, 0.1) is 12.2 Å². The fraction of sp³-hybridized carbons (Fsp3) is 0.588. The van der Waals surface area contributed by atoms with E-state index in [1.807, 2.05) is 18.2 Å². The summed E-state index contributed by atoms with van der Waals surface area (Å²) >= 11 is 0. The minimum Gasteiger partial charge on any atom is -0.492 e. The molecular weight excluding hydrogens is 248 g/mol. The Morgan fingerprint density at radius 2 is 2.05 bits per heavy atom. The van der Waals surface area contributed by atoms with Gasteiger partial charge in [-0.1, -0.05) is 31.9 Å². The quantitative estimate of drug-likeness (QED) is 0.712. The molecule has 1 aliphatic rings. The van der Waals surface area contributed by atoms with Crippen molar-refractivity contribution >= 4 is 0 Å². The molecule has 0 saturated heterocycles. The minimum atomic E-state index is 0.621. The van der Waals surface area contributed by atoms with Crippen LogP contribution in [-0.2, 0) is 0 Å². The van der Waals surface area contributed by atoms with E-state index >= 15 is 0 Å². The zero-order chi connectivity index (χ0) is 14.2. The molecule has 0 radical (unpaired) electrons. The van der Waals surface area contributed by atoms with Crippen LogP contribution in [0.1, 0.15) is 44.6 Å². The Morgan fingerprint density at radius 3 is 2.75 bits per heavy atom. The smallest absolute Gasteiger partial charge is 0.137 e. The van der Waals surface area contributed by atoms with E-state index < -0.39 is 0 Å². The Morgan fingerprint density at radius 1 is 1.30 bits per heavy atom. The largest absolute Gasteiger partial charge is 0.492 e. The molecule has 1 aromatic rings. The zero-order valence-electron chi connectivity index (χ0n) is 12.3. The Bertz CT molecular complexity index is 447. The fourth-order valence-corrected chi connectivity index (χ4v) is 3.00. The molecule has 1 aromatic carbocycles. The van der Waals surface area contributed by atoms with Crippen LogP contribution in [-0.4, -0.2) is 30.6 Å². The number of nitriles is 1. The highest BCUT2D eigenvalue weighted by Crippen LogP contribution is 2.23. The number of hydrogen-bond acceptors (Lipinski definition) is 3. The van der Waals surface area contributed by atoms with E-state index in [2.05, 4.69) is 17.9 Å². The van der Waals surface area contributed by atoms with Gasteiger partial charge >= 0.3 is 0 Å². The second-order valence-electron chi connectivity index (χ2n) is 5.38. The highest BCUT2D eigenvalue weighted by atomic mass is 16.5. The van der Waals surface area contributed by atoms with E-state index in [1.165, 1.54) is 25.7 Å². The summed E-state index contributed by atoms with van der Waals surface area (Å²) in [6, 6.07) is 10.4. The summed E-state index contributed by atoms with van der Waals surface area (Å²) in [5.41, 5.74) is 0.621. The zero-order valence-corrected chi connectivity index (χ0v) is 12.3. The van der Waals surface area contributed by atoms with Crippen molar-refractivity contribution < 1.29 is 4.74 Å².